The van der Waals surface area contributed by atoms with Crippen LogP contribution in [-0.4, -0.2) is 16.6 Å². The van der Waals surface area contributed by atoms with Gasteiger partial charge in [0.05, 0.1) is 19.1 Å². The normalized spacial score (nSPS) is 10.1. The third-order valence-electron chi connectivity index (χ3n) is 3.15. The maximum Gasteiger partial charge on any atom is 0.0702 e. The second-order valence-corrected chi connectivity index (χ2v) is 5.06. The Morgan fingerprint density at radius 3 is 2.86 bits per heavy atom. The molecular formula is C16H16ClN3O. The van der Waals surface area contributed by atoms with E-state index in [4.69, 9.17) is 16.9 Å². The van der Waals surface area contributed by atoms with E-state index in [1.165, 1.54) is 0 Å². The van der Waals surface area contributed by atoms with Crippen LogP contribution in [0.1, 0.15) is 17.5 Å². The number of hydrogen-bond donors (Lipinski definition) is 1. The summed E-state index contributed by atoms with van der Waals surface area (Å²) in [6, 6.07) is 11.4. The topological polar surface area (TPSA) is 60.2 Å². The smallest absolute Gasteiger partial charge is 0.0702 e. The average molecular weight is 302 g/mol. The number of nitrogens with zero attached hydrogens (tertiary/aromatic N) is 3. The summed E-state index contributed by atoms with van der Waals surface area (Å²) >= 11 is 6.07. The highest BCUT2D eigenvalue weighted by atomic mass is 35.5. The van der Waals surface area contributed by atoms with Gasteiger partial charge in [-0.2, -0.15) is 5.26 Å². The summed E-state index contributed by atoms with van der Waals surface area (Å²) in [6.45, 7) is 1.12. The number of aliphatic hydroxyl groups is 1. The fourth-order valence-electron chi connectivity index (χ4n) is 2.15. The molecule has 1 aromatic heterocycles. The number of pyridine rings is 1. The molecular weight excluding hydrogens is 286 g/mol. The maximum absolute atomic E-state index is 9.50. The zero-order valence-electron chi connectivity index (χ0n) is 11.5. The van der Waals surface area contributed by atoms with Gasteiger partial charge < -0.3 is 10.0 Å². The SMILES string of the molecule is N#CCCN(Cc1cccnc1)c1cc(Cl)ccc1CO. The number of benzene rings is 1. The van der Waals surface area contributed by atoms with Crippen LogP contribution in [0.4, 0.5) is 5.69 Å². The van der Waals surface area contributed by atoms with Crippen molar-refractivity contribution in [1.29, 1.82) is 5.26 Å². The zero-order valence-corrected chi connectivity index (χ0v) is 12.3. The quantitative estimate of drug-likeness (QED) is 0.890. The van der Waals surface area contributed by atoms with Crippen molar-refractivity contribution in [2.75, 3.05) is 11.4 Å². The lowest BCUT2D eigenvalue weighted by Gasteiger charge is -2.26. The Bertz CT molecular complexity index is 625. The lowest BCUT2D eigenvalue weighted by atomic mass is 10.1. The molecule has 0 bridgehead atoms. The number of nitriles is 1. The molecule has 5 heteroatoms. The van der Waals surface area contributed by atoms with E-state index in [1.54, 1.807) is 24.5 Å². The average Bonchev–Trinajstić information content (AvgIpc) is 2.52. The number of anilines is 1. The van der Waals surface area contributed by atoms with E-state index >= 15 is 0 Å². The van der Waals surface area contributed by atoms with E-state index < -0.39 is 0 Å². The first-order valence-corrected chi connectivity index (χ1v) is 7.02. The Morgan fingerprint density at radius 1 is 1.33 bits per heavy atom. The Kier molecular flexibility index (Phi) is 5.56. The van der Waals surface area contributed by atoms with Gasteiger partial charge >= 0.3 is 0 Å². The van der Waals surface area contributed by atoms with E-state index in [9.17, 15) is 5.11 Å². The zero-order chi connectivity index (χ0) is 15.1. The van der Waals surface area contributed by atoms with E-state index in [2.05, 4.69) is 11.1 Å². The minimum atomic E-state index is -0.0669. The van der Waals surface area contributed by atoms with Gasteiger partial charge in [-0.1, -0.05) is 23.7 Å². The third-order valence-corrected chi connectivity index (χ3v) is 3.38. The molecule has 0 spiro atoms. The highest BCUT2D eigenvalue weighted by Crippen LogP contribution is 2.26. The Labute approximate surface area is 129 Å². The standard InChI is InChI=1S/C16H16ClN3O/c17-15-5-4-14(12-21)16(9-15)20(8-2-6-18)11-13-3-1-7-19-10-13/h1,3-5,7,9-10,21H,2,8,11-12H2. The molecule has 0 amide bonds. The molecule has 2 aromatic rings. The van der Waals surface area contributed by atoms with Crippen LogP contribution >= 0.6 is 11.6 Å². The first kappa shape index (κ1) is 15.3. The fraction of sp³-hybridized carbons (Fsp3) is 0.250. The first-order chi connectivity index (χ1) is 10.2. The van der Waals surface area contributed by atoms with Crippen molar-refractivity contribution in [1.82, 2.24) is 4.98 Å². The Balaban J connectivity index is 2.31. The summed E-state index contributed by atoms with van der Waals surface area (Å²) in [7, 11) is 0. The second-order valence-electron chi connectivity index (χ2n) is 4.62. The Hall–Kier alpha value is -2.09. The number of halogens is 1. The van der Waals surface area contributed by atoms with Crippen molar-refractivity contribution in [3.8, 4) is 6.07 Å². The van der Waals surface area contributed by atoms with Crippen LogP contribution in [0.15, 0.2) is 42.7 Å². The maximum atomic E-state index is 9.50. The van der Waals surface area contributed by atoms with Gasteiger partial charge in [-0.15, -0.1) is 0 Å². The monoisotopic (exact) mass is 301 g/mol. The van der Waals surface area contributed by atoms with Crippen LogP contribution < -0.4 is 4.90 Å². The van der Waals surface area contributed by atoms with Crippen molar-refractivity contribution in [3.05, 3.63) is 58.9 Å². The number of rotatable bonds is 6. The number of aromatic nitrogens is 1. The summed E-state index contributed by atoms with van der Waals surface area (Å²) in [5.74, 6) is 0. The molecule has 108 valence electrons. The van der Waals surface area contributed by atoms with Crippen molar-refractivity contribution in [2.45, 2.75) is 19.6 Å². The summed E-state index contributed by atoms with van der Waals surface area (Å²) in [5, 5.41) is 19.0. The molecule has 0 radical (unpaired) electrons. The van der Waals surface area contributed by atoms with E-state index in [1.807, 2.05) is 23.1 Å². The predicted octanol–water partition coefficient (Wildman–Crippen LogP) is 3.15. The fourth-order valence-corrected chi connectivity index (χ4v) is 2.31. The minimum absolute atomic E-state index is 0.0669. The summed E-state index contributed by atoms with van der Waals surface area (Å²) in [6.07, 6.45) is 3.92. The van der Waals surface area contributed by atoms with E-state index in [-0.39, 0.29) is 6.61 Å². The molecule has 4 nitrogen and oxygen atoms in total. The summed E-state index contributed by atoms with van der Waals surface area (Å²) in [4.78, 5) is 6.14. The van der Waals surface area contributed by atoms with Crippen LogP contribution in [-0.2, 0) is 13.2 Å². The van der Waals surface area contributed by atoms with Crippen molar-refractivity contribution in [3.63, 3.8) is 0 Å². The molecule has 0 aliphatic heterocycles. The van der Waals surface area contributed by atoms with Crippen LogP contribution in [0.5, 0.6) is 0 Å². The van der Waals surface area contributed by atoms with E-state index in [0.717, 1.165) is 16.8 Å². The van der Waals surface area contributed by atoms with Gasteiger partial charge in [0.1, 0.15) is 0 Å². The molecule has 0 fully saturated rings. The highest BCUT2D eigenvalue weighted by Gasteiger charge is 2.12. The first-order valence-electron chi connectivity index (χ1n) is 6.64. The molecule has 0 aliphatic rings. The lowest BCUT2D eigenvalue weighted by molar-refractivity contribution is 0.282. The van der Waals surface area contributed by atoms with Crippen LogP contribution in [0.2, 0.25) is 5.02 Å². The van der Waals surface area contributed by atoms with Gasteiger partial charge in [0.2, 0.25) is 0 Å². The van der Waals surface area contributed by atoms with Gasteiger partial charge in [-0.3, -0.25) is 4.98 Å². The molecule has 0 saturated carbocycles. The molecule has 1 heterocycles. The lowest BCUT2D eigenvalue weighted by Crippen LogP contribution is -2.25. The van der Waals surface area contributed by atoms with Crippen LogP contribution in [0, 0.1) is 11.3 Å². The van der Waals surface area contributed by atoms with Crippen molar-refractivity contribution >= 4 is 17.3 Å². The number of aliphatic hydroxyl groups excluding tert-OH is 1. The van der Waals surface area contributed by atoms with Gasteiger partial charge in [0, 0.05) is 41.8 Å². The molecule has 1 N–H and O–H groups in total. The molecule has 1 aromatic carbocycles. The summed E-state index contributed by atoms with van der Waals surface area (Å²) < 4.78 is 0. The van der Waals surface area contributed by atoms with Gasteiger partial charge in [-0.25, -0.2) is 0 Å². The van der Waals surface area contributed by atoms with Crippen LogP contribution in [0.25, 0.3) is 0 Å². The molecule has 21 heavy (non-hydrogen) atoms. The molecule has 0 aliphatic carbocycles. The number of hydrogen-bond acceptors (Lipinski definition) is 4. The van der Waals surface area contributed by atoms with Crippen LogP contribution in [0.3, 0.4) is 0 Å². The van der Waals surface area contributed by atoms with Gasteiger partial charge in [-0.05, 0) is 23.8 Å². The van der Waals surface area contributed by atoms with Gasteiger partial charge in [0.25, 0.3) is 0 Å². The summed E-state index contributed by atoms with van der Waals surface area (Å²) in [5.41, 5.74) is 2.68. The van der Waals surface area contributed by atoms with Crippen molar-refractivity contribution in [2.24, 2.45) is 0 Å². The highest BCUT2D eigenvalue weighted by molar-refractivity contribution is 6.30. The predicted molar refractivity (Wildman–Crippen MR) is 82.9 cm³/mol. The molecule has 0 saturated heterocycles. The largest absolute Gasteiger partial charge is 0.392 e. The molecule has 0 atom stereocenters. The minimum Gasteiger partial charge on any atom is -0.392 e. The third kappa shape index (κ3) is 4.19. The molecule has 0 unspecified atom stereocenters. The van der Waals surface area contributed by atoms with Crippen molar-refractivity contribution < 1.29 is 5.11 Å². The van der Waals surface area contributed by atoms with Gasteiger partial charge in [0.15, 0.2) is 0 Å². The van der Waals surface area contributed by atoms with E-state index in [0.29, 0.717) is 24.5 Å². The second kappa shape index (κ2) is 7.63. The Morgan fingerprint density at radius 2 is 2.19 bits per heavy atom. The molecule has 2 rings (SSSR count).